The Morgan fingerprint density at radius 3 is 2.76 bits per heavy atom. The van der Waals surface area contributed by atoms with Crippen molar-refractivity contribution in [2.24, 2.45) is 4.99 Å². The van der Waals surface area contributed by atoms with Crippen LogP contribution in [0, 0.1) is 6.92 Å². The lowest BCUT2D eigenvalue weighted by Gasteiger charge is -2.23. The summed E-state index contributed by atoms with van der Waals surface area (Å²) in [6.07, 6.45) is 5.55. The van der Waals surface area contributed by atoms with Gasteiger partial charge in [0.05, 0.1) is 6.54 Å². The number of Topliss-reactive ketones (excluding diaryl/α,β-unsaturated/α-hetero) is 1. The predicted molar refractivity (Wildman–Crippen MR) is 68.7 cm³/mol. The number of aliphatic imine (C=N–C) groups is 1. The van der Waals surface area contributed by atoms with Crippen molar-refractivity contribution in [2.45, 2.75) is 45.1 Å². The van der Waals surface area contributed by atoms with Crippen LogP contribution < -0.4 is 0 Å². The van der Waals surface area contributed by atoms with Gasteiger partial charge < -0.3 is 0 Å². The lowest BCUT2D eigenvalue weighted by Crippen LogP contribution is -2.13. The van der Waals surface area contributed by atoms with E-state index in [0.717, 1.165) is 32.2 Å². The summed E-state index contributed by atoms with van der Waals surface area (Å²) in [5.74, 6) is 1.02. The number of carbonyl (C=O) groups excluding carboxylic acids is 1. The van der Waals surface area contributed by atoms with E-state index in [0.29, 0.717) is 11.7 Å². The Labute approximate surface area is 102 Å². The molecule has 0 spiro atoms. The normalized spacial score (nSPS) is 19.7. The van der Waals surface area contributed by atoms with Crippen molar-refractivity contribution in [1.82, 2.24) is 0 Å². The van der Waals surface area contributed by atoms with Gasteiger partial charge in [-0.1, -0.05) is 6.07 Å². The van der Waals surface area contributed by atoms with E-state index in [-0.39, 0.29) is 0 Å². The molecule has 0 aromatic heterocycles. The predicted octanol–water partition coefficient (Wildman–Crippen LogP) is 3.15. The molecule has 0 N–H and O–H groups in total. The van der Waals surface area contributed by atoms with Crippen LogP contribution in [0.3, 0.4) is 0 Å². The molecule has 1 aliphatic heterocycles. The molecule has 3 rings (SSSR count). The van der Waals surface area contributed by atoms with Gasteiger partial charge in [-0.2, -0.15) is 0 Å². The zero-order valence-corrected chi connectivity index (χ0v) is 10.2. The highest BCUT2D eigenvalue weighted by atomic mass is 16.1. The number of hydrogen-bond acceptors (Lipinski definition) is 2. The molecule has 1 aromatic rings. The molecule has 0 radical (unpaired) electrons. The first-order chi connectivity index (χ1) is 8.24. The van der Waals surface area contributed by atoms with Crippen molar-refractivity contribution < 1.29 is 4.79 Å². The minimum absolute atomic E-state index is 0.434. The summed E-state index contributed by atoms with van der Waals surface area (Å²) >= 11 is 0. The van der Waals surface area contributed by atoms with E-state index in [9.17, 15) is 4.79 Å². The number of carbonyl (C=O) groups is 1. The van der Waals surface area contributed by atoms with Gasteiger partial charge in [-0.15, -0.1) is 0 Å². The average molecular weight is 227 g/mol. The topological polar surface area (TPSA) is 29.4 Å². The summed E-state index contributed by atoms with van der Waals surface area (Å²) in [5, 5.41) is 0. The van der Waals surface area contributed by atoms with E-state index in [1.165, 1.54) is 22.3 Å². The fraction of sp³-hybridized carbons (Fsp3) is 0.467. The Kier molecular flexibility index (Phi) is 2.58. The summed E-state index contributed by atoms with van der Waals surface area (Å²) in [5.41, 5.74) is 5.43. The number of benzene rings is 1. The highest BCUT2D eigenvalue weighted by Gasteiger charge is 2.22. The second-order valence-corrected chi connectivity index (χ2v) is 5.19. The Morgan fingerprint density at radius 2 is 2.00 bits per heavy atom. The molecule has 2 aliphatic rings. The summed E-state index contributed by atoms with van der Waals surface area (Å²) in [4.78, 5) is 15.6. The number of rotatable bonds is 1. The van der Waals surface area contributed by atoms with Gasteiger partial charge >= 0.3 is 0 Å². The zero-order chi connectivity index (χ0) is 11.8. The van der Waals surface area contributed by atoms with Gasteiger partial charge in [0.25, 0.3) is 0 Å². The Hall–Kier alpha value is -1.44. The molecule has 1 heterocycles. The molecule has 88 valence electrons. The summed E-state index contributed by atoms with van der Waals surface area (Å²) in [7, 11) is 0. The molecule has 1 aromatic carbocycles. The second-order valence-electron chi connectivity index (χ2n) is 5.19. The molecule has 0 bridgehead atoms. The fourth-order valence-electron chi connectivity index (χ4n) is 2.98. The lowest BCUT2D eigenvalue weighted by atomic mass is 9.81. The van der Waals surface area contributed by atoms with Gasteiger partial charge in [0.15, 0.2) is 0 Å². The minimum atomic E-state index is 0.434. The Bertz CT molecular complexity index is 492. The maximum absolute atomic E-state index is 11.3. The van der Waals surface area contributed by atoms with Crippen LogP contribution in [0.1, 0.15) is 53.9 Å². The van der Waals surface area contributed by atoms with Crippen molar-refractivity contribution in [1.29, 1.82) is 0 Å². The zero-order valence-electron chi connectivity index (χ0n) is 10.2. The maximum Gasteiger partial charge on any atom is 0.132 e. The van der Waals surface area contributed by atoms with E-state index >= 15 is 0 Å². The Morgan fingerprint density at radius 1 is 1.24 bits per heavy atom. The molecule has 1 saturated carbocycles. The molecule has 0 unspecified atom stereocenters. The molecule has 0 amide bonds. The van der Waals surface area contributed by atoms with Gasteiger partial charge in [0, 0.05) is 19.1 Å². The van der Waals surface area contributed by atoms with E-state index < -0.39 is 0 Å². The Balaban J connectivity index is 1.91. The van der Waals surface area contributed by atoms with Crippen molar-refractivity contribution in [2.75, 3.05) is 0 Å². The molecular formula is C15H17NO. The van der Waals surface area contributed by atoms with E-state index in [1.807, 2.05) is 6.21 Å². The van der Waals surface area contributed by atoms with Crippen LogP contribution in [0.2, 0.25) is 0 Å². The SMILES string of the molecule is Cc1cc2c(cc1C1CCC(=O)CC1)CN=C2. The van der Waals surface area contributed by atoms with Gasteiger partial charge in [0.1, 0.15) is 5.78 Å². The third-order valence-electron chi connectivity index (χ3n) is 4.00. The summed E-state index contributed by atoms with van der Waals surface area (Å²) < 4.78 is 0. The standard InChI is InChI=1S/C15H17NO/c1-10-6-12-8-16-9-13(12)7-15(10)11-2-4-14(17)5-3-11/h6-8,11H,2-5,9H2,1H3. The van der Waals surface area contributed by atoms with Crippen molar-refractivity contribution in [3.8, 4) is 0 Å². The van der Waals surface area contributed by atoms with Gasteiger partial charge in [0.2, 0.25) is 0 Å². The molecule has 2 heteroatoms. The smallest absolute Gasteiger partial charge is 0.132 e. The molecule has 0 saturated heterocycles. The quantitative estimate of drug-likeness (QED) is 0.724. The van der Waals surface area contributed by atoms with Crippen LogP contribution in [0.15, 0.2) is 17.1 Å². The monoisotopic (exact) mass is 227 g/mol. The van der Waals surface area contributed by atoms with Gasteiger partial charge in [-0.25, -0.2) is 0 Å². The first-order valence-electron chi connectivity index (χ1n) is 6.39. The third-order valence-corrected chi connectivity index (χ3v) is 4.00. The van der Waals surface area contributed by atoms with Crippen LogP contribution in [0.4, 0.5) is 0 Å². The fourth-order valence-corrected chi connectivity index (χ4v) is 2.98. The largest absolute Gasteiger partial charge is 0.300 e. The number of aryl methyl sites for hydroxylation is 1. The highest BCUT2D eigenvalue weighted by molar-refractivity contribution is 5.85. The van der Waals surface area contributed by atoms with Crippen LogP contribution in [-0.4, -0.2) is 12.0 Å². The molecule has 1 fully saturated rings. The maximum atomic E-state index is 11.3. The van der Waals surface area contributed by atoms with Crippen LogP contribution in [-0.2, 0) is 11.3 Å². The van der Waals surface area contributed by atoms with Crippen molar-refractivity contribution in [3.05, 3.63) is 34.4 Å². The van der Waals surface area contributed by atoms with Crippen LogP contribution >= 0.6 is 0 Å². The van der Waals surface area contributed by atoms with Crippen LogP contribution in [0.5, 0.6) is 0 Å². The highest BCUT2D eigenvalue weighted by Crippen LogP contribution is 2.34. The summed E-state index contributed by atoms with van der Waals surface area (Å²) in [6.45, 7) is 3.01. The van der Waals surface area contributed by atoms with E-state index in [2.05, 4.69) is 24.0 Å². The molecule has 0 atom stereocenters. The number of nitrogens with zero attached hydrogens (tertiary/aromatic N) is 1. The first-order valence-corrected chi connectivity index (χ1v) is 6.39. The second kappa shape index (κ2) is 4.10. The summed E-state index contributed by atoms with van der Waals surface area (Å²) in [6, 6.07) is 4.57. The average Bonchev–Trinajstić information content (AvgIpc) is 2.76. The van der Waals surface area contributed by atoms with Gasteiger partial charge in [-0.05, 0) is 54.0 Å². The minimum Gasteiger partial charge on any atom is -0.300 e. The molecule has 17 heavy (non-hydrogen) atoms. The number of hydrogen-bond donors (Lipinski definition) is 0. The van der Waals surface area contributed by atoms with E-state index in [1.54, 1.807) is 0 Å². The van der Waals surface area contributed by atoms with Crippen molar-refractivity contribution in [3.63, 3.8) is 0 Å². The molecule has 1 aliphatic carbocycles. The third kappa shape index (κ3) is 1.92. The van der Waals surface area contributed by atoms with Crippen molar-refractivity contribution >= 4 is 12.0 Å². The van der Waals surface area contributed by atoms with E-state index in [4.69, 9.17) is 0 Å². The number of ketones is 1. The van der Waals surface area contributed by atoms with Crippen LogP contribution in [0.25, 0.3) is 0 Å². The van der Waals surface area contributed by atoms with Gasteiger partial charge in [-0.3, -0.25) is 9.79 Å². The lowest BCUT2D eigenvalue weighted by molar-refractivity contribution is -0.120. The molecule has 2 nitrogen and oxygen atoms in total. The number of fused-ring (bicyclic) bond motifs is 1. The first kappa shape index (κ1) is 10.7. The molecular weight excluding hydrogens is 210 g/mol.